The Bertz CT molecular complexity index is 716. The van der Waals surface area contributed by atoms with Gasteiger partial charge in [-0.05, 0) is 19.1 Å². The lowest BCUT2D eigenvalue weighted by molar-refractivity contribution is -0.140. The van der Waals surface area contributed by atoms with Gasteiger partial charge in [0.25, 0.3) is 0 Å². The largest absolute Gasteiger partial charge is 0.498 e. The van der Waals surface area contributed by atoms with E-state index >= 15 is 0 Å². The van der Waals surface area contributed by atoms with Gasteiger partial charge in [-0.2, -0.15) is 0 Å². The van der Waals surface area contributed by atoms with Crippen LogP contribution in [0.4, 0.5) is 0 Å². The number of carbonyl (C=O) groups excluding carboxylic acids is 3. The van der Waals surface area contributed by atoms with E-state index in [9.17, 15) is 14.4 Å². The van der Waals surface area contributed by atoms with Gasteiger partial charge in [-0.25, -0.2) is 14.4 Å². The molecule has 0 aromatic heterocycles. The molecule has 31 heavy (non-hydrogen) atoms. The van der Waals surface area contributed by atoms with Crippen molar-refractivity contribution in [1.29, 1.82) is 0 Å². The molecule has 0 atom stereocenters. The van der Waals surface area contributed by atoms with Crippen molar-refractivity contribution >= 4 is 17.9 Å². The van der Waals surface area contributed by atoms with Crippen LogP contribution in [-0.4, -0.2) is 57.5 Å². The SMILES string of the molecule is C=COCCOC(=O)C(=C)/C=C(\C=C(/C)C(=O)OCCOC=C)C(=O)OCCOC=C. The van der Waals surface area contributed by atoms with Crippen molar-refractivity contribution in [3.8, 4) is 0 Å². The van der Waals surface area contributed by atoms with Crippen molar-refractivity contribution < 1.29 is 42.8 Å². The Morgan fingerprint density at radius 1 is 0.645 bits per heavy atom. The van der Waals surface area contributed by atoms with Crippen molar-refractivity contribution in [3.63, 3.8) is 0 Å². The first-order valence-electron chi connectivity index (χ1n) is 9.15. The van der Waals surface area contributed by atoms with Gasteiger partial charge in [-0.15, -0.1) is 0 Å². The van der Waals surface area contributed by atoms with E-state index in [4.69, 9.17) is 28.4 Å². The van der Waals surface area contributed by atoms with Gasteiger partial charge in [0, 0.05) is 5.57 Å². The van der Waals surface area contributed by atoms with Crippen molar-refractivity contribution in [2.24, 2.45) is 0 Å². The number of ether oxygens (including phenoxy) is 6. The highest BCUT2D eigenvalue weighted by molar-refractivity contribution is 5.99. The van der Waals surface area contributed by atoms with Crippen molar-refractivity contribution in [2.45, 2.75) is 6.92 Å². The molecule has 0 N–H and O–H groups in total. The Morgan fingerprint density at radius 3 is 1.52 bits per heavy atom. The third kappa shape index (κ3) is 13.2. The average Bonchev–Trinajstić information content (AvgIpc) is 2.76. The molecule has 9 nitrogen and oxygen atoms in total. The van der Waals surface area contributed by atoms with Gasteiger partial charge in [0.1, 0.15) is 39.6 Å². The second-order valence-corrected chi connectivity index (χ2v) is 5.47. The summed E-state index contributed by atoms with van der Waals surface area (Å²) in [6, 6.07) is 0. The molecular weight excluding hydrogens is 408 g/mol. The molecule has 0 unspecified atom stereocenters. The number of rotatable bonds is 17. The van der Waals surface area contributed by atoms with Crippen molar-refractivity contribution in [2.75, 3.05) is 39.6 Å². The van der Waals surface area contributed by atoms with Crippen LogP contribution in [0.15, 0.2) is 74.0 Å². The van der Waals surface area contributed by atoms with E-state index in [1.807, 2.05) is 0 Å². The van der Waals surface area contributed by atoms with E-state index in [-0.39, 0.29) is 56.4 Å². The second-order valence-electron chi connectivity index (χ2n) is 5.47. The molecule has 0 saturated carbocycles. The van der Waals surface area contributed by atoms with Gasteiger partial charge >= 0.3 is 17.9 Å². The Hall–Kier alpha value is -3.75. The molecule has 9 heteroatoms. The highest BCUT2D eigenvalue weighted by Crippen LogP contribution is 2.11. The standard InChI is InChI=1S/C22H28O9/c1-6-26-9-12-29-20(23)17(4)15-19(22(25)31-14-11-28-8-3)16-18(5)21(24)30-13-10-27-7-2/h6-8,15-16H,1-4,9-14H2,5H3/b18-16+,19-15+. The minimum absolute atomic E-state index is 0.00969. The molecule has 0 bridgehead atoms. The van der Waals surface area contributed by atoms with E-state index in [1.54, 1.807) is 0 Å². The molecule has 170 valence electrons. The first-order valence-corrected chi connectivity index (χ1v) is 9.15. The molecule has 0 spiro atoms. The molecule has 0 amide bonds. The molecule has 0 rings (SSSR count). The van der Waals surface area contributed by atoms with E-state index in [0.717, 1.165) is 6.08 Å². The van der Waals surface area contributed by atoms with Crippen molar-refractivity contribution in [3.05, 3.63) is 74.0 Å². The lowest BCUT2D eigenvalue weighted by Crippen LogP contribution is -2.15. The topological polar surface area (TPSA) is 107 Å². The fourth-order valence-electron chi connectivity index (χ4n) is 1.79. The van der Waals surface area contributed by atoms with E-state index < -0.39 is 17.9 Å². The van der Waals surface area contributed by atoms with Gasteiger partial charge in [0.15, 0.2) is 0 Å². The summed E-state index contributed by atoms with van der Waals surface area (Å²) in [6.45, 7) is 15.3. The van der Waals surface area contributed by atoms with Gasteiger partial charge < -0.3 is 28.4 Å². The first kappa shape index (κ1) is 27.2. The Morgan fingerprint density at radius 2 is 1.06 bits per heavy atom. The minimum Gasteiger partial charge on any atom is -0.498 e. The predicted octanol–water partition coefficient (Wildman–Crippen LogP) is 2.53. The molecule has 0 radical (unpaired) electrons. The van der Waals surface area contributed by atoms with Crippen LogP contribution in [0.1, 0.15) is 6.92 Å². The van der Waals surface area contributed by atoms with Crippen LogP contribution >= 0.6 is 0 Å². The number of hydrogen-bond donors (Lipinski definition) is 0. The molecule has 0 saturated heterocycles. The lowest BCUT2D eigenvalue weighted by atomic mass is 10.1. The number of esters is 3. The maximum atomic E-state index is 12.4. The van der Waals surface area contributed by atoms with Gasteiger partial charge in [0.2, 0.25) is 0 Å². The van der Waals surface area contributed by atoms with E-state index in [0.29, 0.717) is 0 Å². The fourth-order valence-corrected chi connectivity index (χ4v) is 1.79. The highest BCUT2D eigenvalue weighted by atomic mass is 16.6. The van der Waals surface area contributed by atoms with Gasteiger partial charge in [-0.3, -0.25) is 0 Å². The molecular formula is C22H28O9. The molecule has 0 aromatic rings. The van der Waals surface area contributed by atoms with Crippen LogP contribution in [0.25, 0.3) is 0 Å². The summed E-state index contributed by atoms with van der Waals surface area (Å²) in [5.74, 6) is -2.27. The lowest BCUT2D eigenvalue weighted by Gasteiger charge is -2.09. The zero-order chi connectivity index (χ0) is 23.5. The molecule has 0 aliphatic heterocycles. The third-order valence-electron chi connectivity index (χ3n) is 3.18. The van der Waals surface area contributed by atoms with E-state index in [2.05, 4.69) is 26.3 Å². The molecule has 0 aliphatic carbocycles. The van der Waals surface area contributed by atoms with Gasteiger partial charge in [0.05, 0.1) is 29.9 Å². The van der Waals surface area contributed by atoms with E-state index in [1.165, 1.54) is 31.8 Å². The monoisotopic (exact) mass is 436 g/mol. The Balaban J connectivity index is 5.28. The van der Waals surface area contributed by atoms with Crippen LogP contribution in [0.2, 0.25) is 0 Å². The van der Waals surface area contributed by atoms with Crippen LogP contribution < -0.4 is 0 Å². The normalized spacial score (nSPS) is 10.9. The van der Waals surface area contributed by atoms with Crippen LogP contribution in [0.5, 0.6) is 0 Å². The molecule has 0 heterocycles. The van der Waals surface area contributed by atoms with Crippen LogP contribution in [0, 0.1) is 0 Å². The first-order chi connectivity index (χ1) is 14.9. The average molecular weight is 436 g/mol. The Labute approximate surface area is 181 Å². The molecule has 0 fully saturated rings. The summed E-state index contributed by atoms with van der Waals surface area (Å²) < 4.78 is 29.6. The summed E-state index contributed by atoms with van der Waals surface area (Å²) >= 11 is 0. The third-order valence-corrected chi connectivity index (χ3v) is 3.18. The van der Waals surface area contributed by atoms with Crippen molar-refractivity contribution in [1.82, 2.24) is 0 Å². The quantitative estimate of drug-likeness (QED) is 0.0849. The van der Waals surface area contributed by atoms with Crippen LogP contribution in [0.3, 0.4) is 0 Å². The van der Waals surface area contributed by atoms with Gasteiger partial charge in [-0.1, -0.05) is 26.3 Å². The summed E-state index contributed by atoms with van der Waals surface area (Å²) in [7, 11) is 0. The minimum atomic E-state index is -0.807. The zero-order valence-corrected chi connectivity index (χ0v) is 17.6. The summed E-state index contributed by atoms with van der Waals surface area (Å²) in [5, 5.41) is 0. The smallest absolute Gasteiger partial charge is 0.338 e. The summed E-state index contributed by atoms with van der Waals surface area (Å²) in [4.78, 5) is 36.5. The maximum Gasteiger partial charge on any atom is 0.338 e. The van der Waals surface area contributed by atoms with Crippen LogP contribution in [-0.2, 0) is 42.8 Å². The fraction of sp³-hybridized carbons (Fsp3) is 0.318. The number of hydrogen-bond acceptors (Lipinski definition) is 9. The zero-order valence-electron chi connectivity index (χ0n) is 17.6. The maximum absolute atomic E-state index is 12.4. The summed E-state index contributed by atoms with van der Waals surface area (Å²) in [6.07, 6.45) is 5.99. The summed E-state index contributed by atoms with van der Waals surface area (Å²) in [5.41, 5.74) is -0.158. The second kappa shape index (κ2) is 17.1. The predicted molar refractivity (Wildman–Crippen MR) is 112 cm³/mol. The molecule has 0 aliphatic rings. The highest BCUT2D eigenvalue weighted by Gasteiger charge is 2.16. The number of carbonyl (C=O) groups is 3. The Kier molecular flexibility index (Phi) is 15.1. The molecule has 0 aromatic carbocycles.